The van der Waals surface area contributed by atoms with Crippen molar-refractivity contribution in [2.24, 2.45) is 17.8 Å². The summed E-state index contributed by atoms with van der Waals surface area (Å²) in [5.74, 6) is -1.71. The summed E-state index contributed by atoms with van der Waals surface area (Å²) in [6.45, 7) is 7.32. The highest BCUT2D eigenvalue weighted by molar-refractivity contribution is 5.97. The number of rotatable bonds is 2. The smallest absolute Gasteiger partial charge is 0.331 e. The Bertz CT molecular complexity index is 477. The molecular formula is C15H20O4. The van der Waals surface area contributed by atoms with Crippen LogP contribution in [0, 0.1) is 17.8 Å². The molecule has 4 heteroatoms. The molecule has 1 saturated carbocycles. The summed E-state index contributed by atoms with van der Waals surface area (Å²) in [6.07, 6.45) is 3.18. The largest absolute Gasteiger partial charge is 0.478 e. The minimum atomic E-state index is -1.20. The summed E-state index contributed by atoms with van der Waals surface area (Å²) < 4.78 is 0. The summed E-state index contributed by atoms with van der Waals surface area (Å²) in [4.78, 5) is 23.1. The number of aliphatic carboxylic acids is 1. The van der Waals surface area contributed by atoms with Gasteiger partial charge in [0.1, 0.15) is 0 Å². The molecule has 0 radical (unpaired) electrons. The number of fused-ring (bicyclic) bond motifs is 1. The Hall–Kier alpha value is -1.42. The molecule has 0 aliphatic heterocycles. The maximum absolute atomic E-state index is 12.0. The summed E-state index contributed by atoms with van der Waals surface area (Å²) in [5, 5.41) is 19.9. The Morgan fingerprint density at radius 3 is 2.68 bits per heavy atom. The van der Waals surface area contributed by atoms with E-state index in [0.717, 1.165) is 6.42 Å². The molecule has 2 aliphatic carbocycles. The van der Waals surface area contributed by atoms with Gasteiger partial charge in [-0.3, -0.25) is 4.79 Å². The number of carboxylic acid groups (broad SMARTS) is 1. The van der Waals surface area contributed by atoms with Crippen molar-refractivity contribution in [3.63, 3.8) is 0 Å². The summed E-state index contributed by atoms with van der Waals surface area (Å²) in [5.41, 5.74) is -0.413. The van der Waals surface area contributed by atoms with Crippen LogP contribution < -0.4 is 0 Å². The minimum Gasteiger partial charge on any atom is -0.478 e. The first kappa shape index (κ1) is 14.0. The van der Waals surface area contributed by atoms with Gasteiger partial charge < -0.3 is 10.2 Å². The zero-order chi connectivity index (χ0) is 14.4. The second-order valence-electron chi connectivity index (χ2n) is 5.92. The van der Waals surface area contributed by atoms with Crippen molar-refractivity contribution in [3.05, 3.63) is 23.8 Å². The summed E-state index contributed by atoms with van der Waals surface area (Å²) >= 11 is 0. The minimum absolute atomic E-state index is 0.0333. The lowest BCUT2D eigenvalue weighted by Gasteiger charge is -2.34. The SMILES string of the molecule is C=C(C(=O)O)C1CCC(C)C2C(=O)C=C(C)C2(O)C1. The van der Waals surface area contributed by atoms with Crippen LogP contribution in [-0.2, 0) is 9.59 Å². The van der Waals surface area contributed by atoms with Gasteiger partial charge >= 0.3 is 5.97 Å². The number of aliphatic hydroxyl groups is 1. The van der Waals surface area contributed by atoms with E-state index in [-0.39, 0.29) is 29.6 Å². The Morgan fingerprint density at radius 1 is 1.47 bits per heavy atom. The van der Waals surface area contributed by atoms with Crippen molar-refractivity contribution in [1.29, 1.82) is 0 Å². The number of carbonyl (C=O) groups is 2. The molecule has 0 bridgehead atoms. The molecule has 0 saturated heterocycles. The first-order chi connectivity index (χ1) is 8.77. The van der Waals surface area contributed by atoms with Crippen LogP contribution in [0.15, 0.2) is 23.8 Å². The average molecular weight is 264 g/mol. The van der Waals surface area contributed by atoms with E-state index in [1.807, 2.05) is 6.92 Å². The molecule has 0 aromatic rings. The number of carboxylic acids is 1. The highest BCUT2D eigenvalue weighted by Gasteiger charge is 2.52. The topological polar surface area (TPSA) is 74.6 Å². The quantitative estimate of drug-likeness (QED) is 0.747. The van der Waals surface area contributed by atoms with Gasteiger partial charge in [0.05, 0.1) is 11.5 Å². The molecule has 0 aromatic carbocycles. The van der Waals surface area contributed by atoms with Gasteiger partial charge in [-0.1, -0.05) is 13.5 Å². The second-order valence-corrected chi connectivity index (χ2v) is 5.92. The van der Waals surface area contributed by atoms with Crippen LogP contribution in [0.1, 0.15) is 33.1 Å². The van der Waals surface area contributed by atoms with Crippen LogP contribution in [0.25, 0.3) is 0 Å². The van der Waals surface area contributed by atoms with Crippen molar-refractivity contribution >= 4 is 11.8 Å². The highest BCUT2D eigenvalue weighted by Crippen LogP contribution is 2.48. The summed E-state index contributed by atoms with van der Waals surface area (Å²) in [7, 11) is 0. The van der Waals surface area contributed by atoms with Crippen LogP contribution >= 0.6 is 0 Å². The predicted molar refractivity (Wildman–Crippen MR) is 70.5 cm³/mol. The molecule has 0 heterocycles. The van der Waals surface area contributed by atoms with Crippen molar-refractivity contribution in [2.45, 2.75) is 38.7 Å². The third-order valence-electron chi connectivity index (χ3n) is 4.73. The van der Waals surface area contributed by atoms with Crippen molar-refractivity contribution < 1.29 is 19.8 Å². The first-order valence-corrected chi connectivity index (χ1v) is 6.64. The monoisotopic (exact) mass is 264 g/mol. The maximum Gasteiger partial charge on any atom is 0.331 e. The van der Waals surface area contributed by atoms with Gasteiger partial charge in [0.25, 0.3) is 0 Å². The molecule has 2 rings (SSSR count). The average Bonchev–Trinajstić information content (AvgIpc) is 2.46. The van der Waals surface area contributed by atoms with Crippen molar-refractivity contribution in [2.75, 3.05) is 0 Å². The van der Waals surface area contributed by atoms with E-state index in [4.69, 9.17) is 5.11 Å². The molecule has 4 unspecified atom stereocenters. The molecule has 19 heavy (non-hydrogen) atoms. The normalized spacial score (nSPS) is 38.4. The predicted octanol–water partition coefficient (Wildman–Crippen LogP) is 1.94. The van der Waals surface area contributed by atoms with Gasteiger partial charge in [-0.05, 0) is 49.7 Å². The third kappa shape index (κ3) is 2.14. The molecule has 4 atom stereocenters. The van der Waals surface area contributed by atoms with E-state index in [0.29, 0.717) is 12.0 Å². The number of carbonyl (C=O) groups excluding carboxylic acids is 1. The van der Waals surface area contributed by atoms with E-state index in [1.54, 1.807) is 6.92 Å². The van der Waals surface area contributed by atoms with Gasteiger partial charge in [0.2, 0.25) is 0 Å². The van der Waals surface area contributed by atoms with Crippen LogP contribution in [0.5, 0.6) is 0 Å². The fraction of sp³-hybridized carbons (Fsp3) is 0.600. The third-order valence-corrected chi connectivity index (χ3v) is 4.73. The van der Waals surface area contributed by atoms with Crippen molar-refractivity contribution in [3.8, 4) is 0 Å². The summed E-state index contributed by atoms with van der Waals surface area (Å²) in [6, 6.07) is 0. The Balaban J connectivity index is 2.36. The maximum atomic E-state index is 12.0. The fourth-order valence-electron chi connectivity index (χ4n) is 3.53. The number of hydrogen-bond donors (Lipinski definition) is 2. The van der Waals surface area contributed by atoms with Gasteiger partial charge in [0, 0.05) is 5.57 Å². The standard InChI is InChI=1S/C15H20O4/c1-8-4-5-11(10(3)14(17)18)7-15(19)9(2)6-12(16)13(8)15/h6,8,11,13,19H,3-5,7H2,1-2H3,(H,17,18). The van der Waals surface area contributed by atoms with E-state index < -0.39 is 17.5 Å². The molecule has 4 nitrogen and oxygen atoms in total. The number of ketones is 1. The molecule has 2 aliphatic rings. The van der Waals surface area contributed by atoms with Crippen LogP contribution in [0.4, 0.5) is 0 Å². The zero-order valence-corrected chi connectivity index (χ0v) is 11.3. The Kier molecular flexibility index (Phi) is 3.39. The molecule has 0 aromatic heterocycles. The Morgan fingerprint density at radius 2 is 2.11 bits per heavy atom. The molecule has 2 N–H and O–H groups in total. The van der Waals surface area contributed by atoms with Crippen molar-refractivity contribution in [1.82, 2.24) is 0 Å². The van der Waals surface area contributed by atoms with Gasteiger partial charge in [-0.15, -0.1) is 0 Å². The van der Waals surface area contributed by atoms with Crippen LogP contribution in [0.2, 0.25) is 0 Å². The van der Waals surface area contributed by atoms with E-state index in [1.165, 1.54) is 6.08 Å². The van der Waals surface area contributed by atoms with Gasteiger partial charge in [-0.25, -0.2) is 4.79 Å². The van der Waals surface area contributed by atoms with E-state index in [2.05, 4.69) is 6.58 Å². The van der Waals surface area contributed by atoms with E-state index >= 15 is 0 Å². The second kappa shape index (κ2) is 4.60. The molecular weight excluding hydrogens is 244 g/mol. The fourth-order valence-corrected chi connectivity index (χ4v) is 3.53. The zero-order valence-electron chi connectivity index (χ0n) is 11.3. The molecule has 0 amide bonds. The van der Waals surface area contributed by atoms with Crippen LogP contribution in [0.3, 0.4) is 0 Å². The number of allylic oxidation sites excluding steroid dienone is 1. The molecule has 0 spiro atoms. The van der Waals surface area contributed by atoms with Crippen LogP contribution in [-0.4, -0.2) is 27.6 Å². The molecule has 104 valence electrons. The lowest BCUT2D eigenvalue weighted by atomic mass is 9.75. The van der Waals surface area contributed by atoms with E-state index in [9.17, 15) is 14.7 Å². The number of hydrogen-bond acceptors (Lipinski definition) is 3. The lowest BCUT2D eigenvalue weighted by Crippen LogP contribution is -2.42. The van der Waals surface area contributed by atoms with Gasteiger partial charge in [-0.2, -0.15) is 0 Å². The lowest BCUT2D eigenvalue weighted by molar-refractivity contribution is -0.133. The first-order valence-electron chi connectivity index (χ1n) is 6.64. The molecule has 1 fully saturated rings. The Labute approximate surface area is 112 Å². The van der Waals surface area contributed by atoms with Gasteiger partial charge in [0.15, 0.2) is 5.78 Å². The highest BCUT2D eigenvalue weighted by atomic mass is 16.4.